The van der Waals surface area contributed by atoms with E-state index in [1.807, 2.05) is 0 Å². The second kappa shape index (κ2) is 3.22. The van der Waals surface area contributed by atoms with Crippen LogP contribution in [0.25, 0.3) is 0 Å². The number of nitrogens with two attached hydrogens (primary N) is 1. The number of hydrogen-bond donors (Lipinski definition) is 1. The highest BCUT2D eigenvalue weighted by molar-refractivity contribution is 4.85. The van der Waals surface area contributed by atoms with Gasteiger partial charge in [-0.05, 0) is 19.9 Å². The lowest BCUT2D eigenvalue weighted by molar-refractivity contribution is -0.222. The Labute approximate surface area is 68.9 Å². The third kappa shape index (κ3) is 1.90. The second-order valence-corrected chi connectivity index (χ2v) is 3.14. The van der Waals surface area contributed by atoms with Crippen LogP contribution in [0.4, 0.5) is 13.2 Å². The number of hydrogen-bond acceptors (Lipinski definition) is 2. The van der Waals surface area contributed by atoms with Crippen molar-refractivity contribution >= 4 is 0 Å². The molecule has 1 fully saturated rings. The lowest BCUT2D eigenvalue weighted by atomic mass is 10.00. The molecule has 0 aromatic carbocycles. The van der Waals surface area contributed by atoms with E-state index in [1.54, 1.807) is 6.92 Å². The molecule has 0 unspecified atom stereocenters. The summed E-state index contributed by atoms with van der Waals surface area (Å²) in [5.41, 5.74) is 5.20. The molecule has 1 aliphatic heterocycles. The summed E-state index contributed by atoms with van der Waals surface area (Å²) in [7, 11) is 0. The van der Waals surface area contributed by atoms with Crippen LogP contribution in [0.2, 0.25) is 0 Å². The molecule has 1 aliphatic rings. The zero-order valence-corrected chi connectivity index (χ0v) is 6.77. The van der Waals surface area contributed by atoms with Gasteiger partial charge in [0.05, 0.1) is 6.10 Å². The molecular weight excluding hydrogens is 171 g/mol. The highest BCUT2D eigenvalue weighted by Crippen LogP contribution is 2.36. The molecule has 0 aromatic heterocycles. The third-order valence-corrected chi connectivity index (χ3v) is 2.07. The van der Waals surface area contributed by atoms with Gasteiger partial charge in [-0.1, -0.05) is 0 Å². The summed E-state index contributed by atoms with van der Waals surface area (Å²) in [6, 6.07) is 0. The number of ether oxygens (including phenoxy) is 1. The normalized spacial score (nSPS) is 37.2. The van der Waals surface area contributed by atoms with Gasteiger partial charge in [0.1, 0.15) is 0 Å². The molecule has 12 heavy (non-hydrogen) atoms. The average Bonchev–Trinajstić information content (AvgIpc) is 2.29. The summed E-state index contributed by atoms with van der Waals surface area (Å²) in [6.07, 6.45) is -5.85. The van der Waals surface area contributed by atoms with Crippen molar-refractivity contribution in [2.24, 2.45) is 11.7 Å². The summed E-state index contributed by atoms with van der Waals surface area (Å²) in [6.45, 7) is 1.67. The highest BCUT2D eigenvalue weighted by Gasteiger charge is 2.49. The zero-order chi connectivity index (χ0) is 9.35. The van der Waals surface area contributed by atoms with E-state index in [2.05, 4.69) is 0 Å². The Bertz CT molecular complexity index is 159. The Kier molecular flexibility index (Phi) is 2.63. The summed E-state index contributed by atoms with van der Waals surface area (Å²) < 4.78 is 41.3. The fourth-order valence-corrected chi connectivity index (χ4v) is 1.53. The standard InChI is InChI=1S/C7H12F3NO/c1-4-2-5(3-11)6(12-4)7(8,9)10/h4-6H,2-3,11H2,1H3/t4-,5-,6-/m1/s1. The van der Waals surface area contributed by atoms with E-state index < -0.39 is 18.2 Å². The molecule has 0 bridgehead atoms. The first kappa shape index (κ1) is 9.80. The Hall–Kier alpha value is -0.290. The molecular formula is C7H12F3NO. The largest absolute Gasteiger partial charge is 0.414 e. The Morgan fingerprint density at radius 1 is 1.50 bits per heavy atom. The van der Waals surface area contributed by atoms with Gasteiger partial charge in [-0.3, -0.25) is 0 Å². The highest BCUT2D eigenvalue weighted by atomic mass is 19.4. The van der Waals surface area contributed by atoms with E-state index in [9.17, 15) is 13.2 Å². The first-order valence-corrected chi connectivity index (χ1v) is 3.87. The quantitative estimate of drug-likeness (QED) is 0.665. The molecule has 2 nitrogen and oxygen atoms in total. The molecule has 0 aliphatic carbocycles. The van der Waals surface area contributed by atoms with Gasteiger partial charge in [-0.25, -0.2) is 0 Å². The molecule has 0 spiro atoms. The maximum absolute atomic E-state index is 12.2. The van der Waals surface area contributed by atoms with Crippen LogP contribution in [-0.4, -0.2) is 24.9 Å². The summed E-state index contributed by atoms with van der Waals surface area (Å²) in [5.74, 6) is -0.569. The zero-order valence-electron chi connectivity index (χ0n) is 6.77. The van der Waals surface area contributed by atoms with Crippen LogP contribution >= 0.6 is 0 Å². The molecule has 72 valence electrons. The fourth-order valence-electron chi connectivity index (χ4n) is 1.53. The molecule has 0 saturated carbocycles. The molecule has 3 atom stereocenters. The topological polar surface area (TPSA) is 35.2 Å². The molecule has 1 rings (SSSR count). The first-order chi connectivity index (χ1) is 5.45. The van der Waals surface area contributed by atoms with E-state index in [1.165, 1.54) is 0 Å². The van der Waals surface area contributed by atoms with Crippen LogP contribution in [0, 0.1) is 5.92 Å². The Morgan fingerprint density at radius 2 is 2.08 bits per heavy atom. The smallest absolute Gasteiger partial charge is 0.365 e. The van der Waals surface area contributed by atoms with Crippen LogP contribution in [0.15, 0.2) is 0 Å². The van der Waals surface area contributed by atoms with Crippen molar-refractivity contribution in [3.05, 3.63) is 0 Å². The lowest BCUT2D eigenvalue weighted by Gasteiger charge is -2.19. The molecule has 0 amide bonds. The van der Waals surface area contributed by atoms with Crippen molar-refractivity contribution in [3.63, 3.8) is 0 Å². The first-order valence-electron chi connectivity index (χ1n) is 3.87. The van der Waals surface area contributed by atoms with Gasteiger partial charge in [-0.15, -0.1) is 0 Å². The molecule has 5 heteroatoms. The predicted octanol–water partition coefficient (Wildman–Crippen LogP) is 1.30. The van der Waals surface area contributed by atoms with Gasteiger partial charge in [0, 0.05) is 5.92 Å². The van der Waals surface area contributed by atoms with Gasteiger partial charge in [0.2, 0.25) is 0 Å². The molecule has 0 radical (unpaired) electrons. The van der Waals surface area contributed by atoms with Gasteiger partial charge in [-0.2, -0.15) is 13.2 Å². The predicted molar refractivity (Wildman–Crippen MR) is 37.6 cm³/mol. The number of rotatable bonds is 1. The summed E-state index contributed by atoms with van der Waals surface area (Å²) in [5, 5.41) is 0. The Morgan fingerprint density at radius 3 is 2.42 bits per heavy atom. The SMILES string of the molecule is C[C@@H]1C[C@H](CN)[C@H](C(F)(F)F)O1. The third-order valence-electron chi connectivity index (χ3n) is 2.07. The average molecular weight is 183 g/mol. The van der Waals surface area contributed by atoms with Crippen molar-refractivity contribution in [2.45, 2.75) is 31.7 Å². The molecule has 2 N–H and O–H groups in total. The van der Waals surface area contributed by atoms with E-state index >= 15 is 0 Å². The minimum Gasteiger partial charge on any atom is -0.365 e. The van der Waals surface area contributed by atoms with E-state index in [-0.39, 0.29) is 12.6 Å². The Balaban J connectivity index is 2.64. The minimum atomic E-state index is -4.27. The second-order valence-electron chi connectivity index (χ2n) is 3.14. The van der Waals surface area contributed by atoms with Crippen molar-refractivity contribution in [1.29, 1.82) is 0 Å². The van der Waals surface area contributed by atoms with Crippen molar-refractivity contribution in [3.8, 4) is 0 Å². The van der Waals surface area contributed by atoms with Crippen molar-refractivity contribution in [1.82, 2.24) is 0 Å². The van der Waals surface area contributed by atoms with Gasteiger partial charge in [0.15, 0.2) is 6.10 Å². The number of halogens is 3. The monoisotopic (exact) mass is 183 g/mol. The lowest BCUT2D eigenvalue weighted by Crippen LogP contribution is -2.37. The summed E-state index contributed by atoms with van der Waals surface area (Å²) in [4.78, 5) is 0. The van der Waals surface area contributed by atoms with Crippen LogP contribution in [-0.2, 0) is 4.74 Å². The number of alkyl halides is 3. The van der Waals surface area contributed by atoms with Crippen LogP contribution in [0.3, 0.4) is 0 Å². The van der Waals surface area contributed by atoms with Crippen LogP contribution in [0.1, 0.15) is 13.3 Å². The molecule has 1 heterocycles. The van der Waals surface area contributed by atoms with Crippen LogP contribution < -0.4 is 5.73 Å². The van der Waals surface area contributed by atoms with Crippen molar-refractivity contribution < 1.29 is 17.9 Å². The van der Waals surface area contributed by atoms with Crippen molar-refractivity contribution in [2.75, 3.05) is 6.54 Å². The van der Waals surface area contributed by atoms with Gasteiger partial charge < -0.3 is 10.5 Å². The van der Waals surface area contributed by atoms with Gasteiger partial charge in [0.25, 0.3) is 0 Å². The fraction of sp³-hybridized carbons (Fsp3) is 1.00. The van der Waals surface area contributed by atoms with Gasteiger partial charge >= 0.3 is 6.18 Å². The van der Waals surface area contributed by atoms with E-state index in [0.29, 0.717) is 6.42 Å². The maximum atomic E-state index is 12.2. The molecule has 1 saturated heterocycles. The minimum absolute atomic E-state index is 0.0362. The maximum Gasteiger partial charge on any atom is 0.414 e. The summed E-state index contributed by atoms with van der Waals surface area (Å²) >= 11 is 0. The molecule has 0 aromatic rings. The van der Waals surface area contributed by atoms with E-state index in [0.717, 1.165) is 0 Å². The van der Waals surface area contributed by atoms with E-state index in [4.69, 9.17) is 10.5 Å². The van der Waals surface area contributed by atoms with Crippen LogP contribution in [0.5, 0.6) is 0 Å².